The van der Waals surface area contributed by atoms with Crippen molar-refractivity contribution in [2.45, 2.75) is 45.7 Å². The van der Waals surface area contributed by atoms with Gasteiger partial charge < -0.3 is 35.8 Å². The van der Waals surface area contributed by atoms with Gasteiger partial charge in [-0.25, -0.2) is 9.07 Å². The Hall–Kier alpha value is -5.29. The Labute approximate surface area is 328 Å². The van der Waals surface area contributed by atoms with Gasteiger partial charge in [-0.15, -0.1) is 0 Å². The zero-order valence-corrected chi connectivity index (χ0v) is 32.4. The van der Waals surface area contributed by atoms with E-state index in [1.165, 1.54) is 36.5 Å². The molecular weight excluding hydrogens is 746 g/mol. The van der Waals surface area contributed by atoms with Gasteiger partial charge in [0.15, 0.2) is 11.5 Å². The fourth-order valence-electron chi connectivity index (χ4n) is 7.55. The van der Waals surface area contributed by atoms with Crippen LogP contribution in [0, 0.1) is 17.7 Å². The Morgan fingerprint density at radius 2 is 1.79 bits per heavy atom. The summed E-state index contributed by atoms with van der Waals surface area (Å²) in [6.07, 6.45) is -0.941. The number of aromatic hydroxyl groups is 1. The van der Waals surface area contributed by atoms with Crippen molar-refractivity contribution < 1.29 is 41.5 Å². The Balaban J connectivity index is 1.06. The Bertz CT molecular complexity index is 2050. The maximum absolute atomic E-state index is 14.6. The second-order valence-electron chi connectivity index (χ2n) is 15.5. The van der Waals surface area contributed by atoms with Crippen LogP contribution in [-0.2, 0) is 15.8 Å². The number of aliphatic imine (C=N–C) groups is 1. The van der Waals surface area contributed by atoms with Crippen LogP contribution in [0.2, 0.25) is 0 Å². The van der Waals surface area contributed by atoms with Crippen molar-refractivity contribution in [3.05, 3.63) is 71.4 Å². The molecule has 0 radical (unpaired) electrons. The molecule has 4 heterocycles. The van der Waals surface area contributed by atoms with Crippen LogP contribution in [0.1, 0.15) is 61.1 Å². The highest BCUT2D eigenvalue weighted by molar-refractivity contribution is 6.44. The molecule has 2 fully saturated rings. The van der Waals surface area contributed by atoms with E-state index < -0.39 is 35.4 Å². The number of allylic oxidation sites excluding steroid dienone is 1. The summed E-state index contributed by atoms with van der Waals surface area (Å²) in [5.41, 5.74) is 4.40. The monoisotopic (exact) mass is 796 g/mol. The molecule has 3 aliphatic heterocycles. The van der Waals surface area contributed by atoms with Gasteiger partial charge in [-0.1, -0.05) is 6.92 Å². The van der Waals surface area contributed by atoms with Crippen molar-refractivity contribution in [3.63, 3.8) is 0 Å². The Morgan fingerprint density at radius 3 is 2.42 bits per heavy atom. The number of aromatic nitrogens is 2. The molecule has 6 rings (SSSR count). The van der Waals surface area contributed by atoms with E-state index in [1.54, 1.807) is 16.7 Å². The number of benzene rings is 2. The summed E-state index contributed by atoms with van der Waals surface area (Å²) in [7, 11) is 2.25. The third-order valence-corrected chi connectivity index (χ3v) is 11.3. The molecule has 3 aromatic rings. The van der Waals surface area contributed by atoms with Gasteiger partial charge in [0, 0.05) is 99.3 Å². The predicted molar refractivity (Wildman–Crippen MR) is 208 cm³/mol. The van der Waals surface area contributed by atoms with E-state index in [2.05, 4.69) is 34.7 Å². The van der Waals surface area contributed by atoms with E-state index in [1.807, 2.05) is 0 Å². The molecule has 2 aromatic carbocycles. The third kappa shape index (κ3) is 9.64. The number of nitrogens with zero attached hydrogens (tertiary/aromatic N) is 6. The first-order valence-corrected chi connectivity index (χ1v) is 19.3. The van der Waals surface area contributed by atoms with Crippen LogP contribution in [0.15, 0.2) is 53.8 Å². The number of hydrogen-bond donors (Lipinski definition) is 4. The number of carbonyl (C=O) groups is 3. The molecule has 2 atom stereocenters. The summed E-state index contributed by atoms with van der Waals surface area (Å²) < 4.78 is 58.7. The topological polar surface area (TPSA) is 158 Å². The zero-order valence-electron chi connectivity index (χ0n) is 32.4. The molecule has 17 heteroatoms. The molecule has 3 amide bonds. The van der Waals surface area contributed by atoms with Crippen molar-refractivity contribution >= 4 is 40.4 Å². The standard InChI is InChI=1S/C40H49F4N9O4/c1-4-53(3,24-26-20-46-21-26)17-5-6-35(55)50-13-15-51(16-14-50)39(57)30-11-10-29(19-34(30)54)48-38(56)36-25(2)7-8-27(22-47-36)31-23-52(49-37(31)40(42,43)44)33-12-9-28(45)18-32(33)41/h9-12,18-19,22-23,25-26,46H,4-8,13-17,20-21,24,45H2,1-3H3,(H-,48,54,56,57)/p+1. The summed E-state index contributed by atoms with van der Waals surface area (Å²) in [5, 5.41) is 20.5. The van der Waals surface area contributed by atoms with E-state index in [-0.39, 0.29) is 64.0 Å². The first kappa shape index (κ1) is 41.3. The number of phenols is 1. The maximum Gasteiger partial charge on any atom is 0.435 e. The number of nitrogens with one attached hydrogen (secondary N) is 2. The number of rotatable bonds is 12. The van der Waals surface area contributed by atoms with Crippen molar-refractivity contribution in [1.82, 2.24) is 24.9 Å². The van der Waals surface area contributed by atoms with Crippen LogP contribution in [0.25, 0.3) is 11.3 Å². The van der Waals surface area contributed by atoms with Crippen molar-refractivity contribution in [2.75, 3.05) is 77.0 Å². The van der Waals surface area contributed by atoms with Crippen LogP contribution < -0.4 is 16.4 Å². The highest BCUT2D eigenvalue weighted by Gasteiger charge is 2.39. The number of phenolic OH excluding ortho intramolecular Hbond substituents is 1. The molecule has 3 aliphatic rings. The predicted octanol–water partition coefficient (Wildman–Crippen LogP) is 4.92. The molecule has 0 bridgehead atoms. The lowest BCUT2D eigenvalue weighted by Crippen LogP contribution is -2.55. The van der Waals surface area contributed by atoms with Gasteiger partial charge in [-0.05, 0) is 55.7 Å². The summed E-state index contributed by atoms with van der Waals surface area (Å²) in [4.78, 5) is 47.4. The minimum atomic E-state index is -4.86. The molecule has 1 aromatic heterocycles. The van der Waals surface area contributed by atoms with Crippen LogP contribution in [0.4, 0.5) is 28.9 Å². The van der Waals surface area contributed by atoms with Gasteiger partial charge in [0.2, 0.25) is 5.91 Å². The molecule has 0 aliphatic carbocycles. The van der Waals surface area contributed by atoms with E-state index in [0.717, 1.165) is 60.6 Å². The van der Waals surface area contributed by atoms with Gasteiger partial charge in [-0.3, -0.25) is 19.4 Å². The molecule has 13 nitrogen and oxygen atoms in total. The molecule has 5 N–H and O–H groups in total. The average molecular weight is 797 g/mol. The summed E-state index contributed by atoms with van der Waals surface area (Å²) in [6, 6.07) is 7.70. The van der Waals surface area contributed by atoms with Crippen molar-refractivity contribution in [1.29, 1.82) is 0 Å². The van der Waals surface area contributed by atoms with Gasteiger partial charge >= 0.3 is 6.18 Å². The lowest BCUT2D eigenvalue weighted by atomic mass is 9.95. The first-order valence-electron chi connectivity index (χ1n) is 19.3. The van der Waals surface area contributed by atoms with Gasteiger partial charge in [-0.2, -0.15) is 18.3 Å². The largest absolute Gasteiger partial charge is 0.507 e. The Kier molecular flexibility index (Phi) is 12.4. The van der Waals surface area contributed by atoms with Gasteiger partial charge in [0.1, 0.15) is 17.1 Å². The molecule has 0 spiro atoms. The number of piperazine rings is 1. The normalized spacial score (nSPS) is 18.9. The fourth-order valence-corrected chi connectivity index (χ4v) is 7.55. The van der Waals surface area contributed by atoms with Crippen molar-refractivity contribution in [2.24, 2.45) is 16.8 Å². The molecule has 2 saturated heterocycles. The minimum absolute atomic E-state index is 0.0404. The molecule has 57 heavy (non-hydrogen) atoms. The summed E-state index contributed by atoms with van der Waals surface area (Å²) >= 11 is 0. The highest BCUT2D eigenvalue weighted by atomic mass is 19.4. The minimum Gasteiger partial charge on any atom is -0.507 e. The van der Waals surface area contributed by atoms with Crippen LogP contribution >= 0.6 is 0 Å². The number of quaternary nitrogens is 1. The van der Waals surface area contributed by atoms with E-state index in [0.29, 0.717) is 38.5 Å². The number of halogens is 4. The van der Waals surface area contributed by atoms with Gasteiger partial charge in [0.05, 0.1) is 32.2 Å². The molecule has 306 valence electrons. The number of nitrogen functional groups attached to an aromatic ring is 1. The van der Waals surface area contributed by atoms with Crippen LogP contribution in [-0.4, -0.2) is 119 Å². The SMILES string of the molecule is CC[N+](C)(CCCC(=O)N1CCN(C(=O)c2ccc(NC(=O)C3=NC=C(c4cn(-c5ccc(N)cc5F)nc4C(F)(F)F)CCC3C)cc2O)CC1)CC1CNC1. The van der Waals surface area contributed by atoms with E-state index >= 15 is 0 Å². The molecule has 2 unspecified atom stereocenters. The second kappa shape index (κ2) is 17.1. The Morgan fingerprint density at radius 1 is 1.07 bits per heavy atom. The summed E-state index contributed by atoms with van der Waals surface area (Å²) in [6.45, 7) is 10.5. The zero-order chi connectivity index (χ0) is 41.1. The molecule has 0 saturated carbocycles. The number of amides is 3. The number of alkyl halides is 3. The van der Waals surface area contributed by atoms with Crippen LogP contribution in [0.3, 0.4) is 0 Å². The lowest BCUT2D eigenvalue weighted by molar-refractivity contribution is -0.911. The smallest absolute Gasteiger partial charge is 0.435 e. The van der Waals surface area contributed by atoms with Crippen LogP contribution in [0.5, 0.6) is 5.75 Å². The average Bonchev–Trinajstić information content (AvgIpc) is 3.51. The van der Waals surface area contributed by atoms with Crippen molar-refractivity contribution in [3.8, 4) is 11.4 Å². The van der Waals surface area contributed by atoms with E-state index in [9.17, 15) is 37.1 Å². The number of anilines is 2. The quantitative estimate of drug-likeness (QED) is 0.115. The number of nitrogens with two attached hydrogens (primary N) is 1. The molecular formula is C40H50F4N9O4+. The number of hydrogen-bond acceptors (Lipinski definition) is 8. The third-order valence-electron chi connectivity index (χ3n) is 11.3. The lowest BCUT2D eigenvalue weighted by Gasteiger charge is -2.40. The number of carbonyl (C=O) groups excluding carboxylic acids is 3. The van der Waals surface area contributed by atoms with Gasteiger partial charge in [0.25, 0.3) is 11.8 Å². The summed E-state index contributed by atoms with van der Waals surface area (Å²) in [5.74, 6) is -1.94. The first-order chi connectivity index (χ1) is 27.0. The fraction of sp³-hybridized carbons (Fsp3) is 0.475. The maximum atomic E-state index is 14.6. The van der Waals surface area contributed by atoms with E-state index in [4.69, 9.17) is 5.73 Å². The second-order valence-corrected chi connectivity index (χ2v) is 15.5. The highest BCUT2D eigenvalue weighted by Crippen LogP contribution is 2.38.